The number of aliphatic hydroxyl groups excluding tert-OH is 1. The van der Waals surface area contributed by atoms with Crippen molar-refractivity contribution in [1.82, 2.24) is 5.32 Å². The van der Waals surface area contributed by atoms with E-state index in [2.05, 4.69) is 11.9 Å². The predicted molar refractivity (Wildman–Crippen MR) is 36.8 cm³/mol. The molecule has 0 radical (unpaired) electrons. The molecule has 0 heterocycles. The summed E-state index contributed by atoms with van der Waals surface area (Å²) in [4.78, 5) is 9.99. The van der Waals surface area contributed by atoms with Gasteiger partial charge in [-0.3, -0.25) is 0 Å². The summed E-state index contributed by atoms with van der Waals surface area (Å²) in [5, 5.41) is 18.8. The summed E-state index contributed by atoms with van der Waals surface area (Å²) in [5.41, 5.74) is 0. The molecule has 4 nitrogen and oxygen atoms in total. The first-order chi connectivity index (χ1) is 4.70. The lowest BCUT2D eigenvalue weighted by Crippen LogP contribution is -2.35. The predicted octanol–water partition coefficient (Wildman–Crippen LogP) is 0.191. The van der Waals surface area contributed by atoms with Gasteiger partial charge in [0.2, 0.25) is 0 Å². The average Bonchev–Trinajstić information content (AvgIpc) is 1.86. The molecular formula is C6H11NO3. The van der Waals surface area contributed by atoms with Crippen molar-refractivity contribution < 1.29 is 15.0 Å². The van der Waals surface area contributed by atoms with Crippen molar-refractivity contribution in [3.63, 3.8) is 0 Å². The molecule has 0 aromatic rings. The zero-order valence-corrected chi connectivity index (χ0v) is 5.58. The van der Waals surface area contributed by atoms with E-state index in [-0.39, 0.29) is 6.61 Å². The quantitative estimate of drug-likeness (QED) is 0.494. The van der Waals surface area contributed by atoms with Crippen molar-refractivity contribution in [3.8, 4) is 0 Å². The molecule has 0 aliphatic rings. The first-order valence-electron chi connectivity index (χ1n) is 2.92. The van der Waals surface area contributed by atoms with Gasteiger partial charge in [0.1, 0.15) is 0 Å². The largest absolute Gasteiger partial charge is 0.465 e. The Morgan fingerprint density at radius 2 is 2.40 bits per heavy atom. The fourth-order valence-electron chi connectivity index (χ4n) is 0.555. The second kappa shape index (κ2) is 4.81. The number of hydrogen-bond acceptors (Lipinski definition) is 2. The molecule has 0 unspecified atom stereocenters. The third kappa shape index (κ3) is 3.91. The molecule has 0 bridgehead atoms. The Morgan fingerprint density at radius 3 is 2.70 bits per heavy atom. The third-order valence-electron chi connectivity index (χ3n) is 0.999. The van der Waals surface area contributed by atoms with Gasteiger partial charge < -0.3 is 15.5 Å². The van der Waals surface area contributed by atoms with Crippen molar-refractivity contribution in [2.24, 2.45) is 0 Å². The summed E-state index contributed by atoms with van der Waals surface area (Å²) in [6.45, 7) is 3.22. The number of amides is 1. The lowest BCUT2D eigenvalue weighted by molar-refractivity contribution is 0.177. The van der Waals surface area contributed by atoms with E-state index in [0.29, 0.717) is 6.42 Å². The van der Waals surface area contributed by atoms with Gasteiger partial charge in [-0.15, -0.1) is 6.58 Å². The molecule has 10 heavy (non-hydrogen) atoms. The van der Waals surface area contributed by atoms with Crippen LogP contribution in [-0.4, -0.2) is 29.0 Å². The maximum absolute atomic E-state index is 9.99. The lowest BCUT2D eigenvalue weighted by atomic mass is 10.2. The smallest absolute Gasteiger partial charge is 0.404 e. The first-order valence-corrected chi connectivity index (χ1v) is 2.92. The minimum atomic E-state index is -1.12. The molecule has 0 aromatic heterocycles. The number of rotatable bonds is 4. The molecule has 0 aliphatic heterocycles. The second-order valence-electron chi connectivity index (χ2n) is 1.85. The van der Waals surface area contributed by atoms with Gasteiger partial charge in [-0.05, 0) is 6.42 Å². The maximum Gasteiger partial charge on any atom is 0.404 e. The van der Waals surface area contributed by atoms with Crippen LogP contribution in [0.4, 0.5) is 4.79 Å². The van der Waals surface area contributed by atoms with Crippen LogP contribution in [0, 0.1) is 0 Å². The van der Waals surface area contributed by atoms with Crippen LogP contribution in [-0.2, 0) is 0 Å². The molecule has 4 heteroatoms. The monoisotopic (exact) mass is 145 g/mol. The van der Waals surface area contributed by atoms with E-state index in [9.17, 15) is 4.79 Å². The Balaban J connectivity index is 3.59. The van der Waals surface area contributed by atoms with Crippen LogP contribution in [0.2, 0.25) is 0 Å². The minimum absolute atomic E-state index is 0.196. The van der Waals surface area contributed by atoms with Gasteiger partial charge in [-0.2, -0.15) is 0 Å². The SMILES string of the molecule is C=CC[C@@H](CO)NC(=O)O. The minimum Gasteiger partial charge on any atom is -0.465 e. The maximum atomic E-state index is 9.99. The second-order valence-corrected chi connectivity index (χ2v) is 1.85. The Kier molecular flexibility index (Phi) is 4.32. The van der Waals surface area contributed by atoms with Gasteiger partial charge in [0.05, 0.1) is 12.6 Å². The number of aliphatic hydroxyl groups is 1. The van der Waals surface area contributed by atoms with Gasteiger partial charge in [0, 0.05) is 0 Å². The van der Waals surface area contributed by atoms with E-state index in [4.69, 9.17) is 10.2 Å². The summed E-state index contributed by atoms with van der Waals surface area (Å²) in [6.07, 6.45) is 0.875. The van der Waals surface area contributed by atoms with E-state index in [1.807, 2.05) is 0 Å². The Bertz CT molecular complexity index is 124. The van der Waals surface area contributed by atoms with Crippen LogP contribution in [0.15, 0.2) is 12.7 Å². The van der Waals surface area contributed by atoms with Gasteiger partial charge >= 0.3 is 6.09 Å². The average molecular weight is 145 g/mol. The van der Waals surface area contributed by atoms with E-state index in [1.54, 1.807) is 6.08 Å². The number of carboxylic acid groups (broad SMARTS) is 1. The van der Waals surface area contributed by atoms with Crippen LogP contribution in [0.25, 0.3) is 0 Å². The van der Waals surface area contributed by atoms with Crippen LogP contribution in [0.5, 0.6) is 0 Å². The molecule has 58 valence electrons. The Labute approximate surface area is 59.2 Å². The first kappa shape index (κ1) is 8.97. The summed E-state index contributed by atoms with van der Waals surface area (Å²) < 4.78 is 0. The van der Waals surface area contributed by atoms with E-state index < -0.39 is 12.1 Å². The molecule has 0 aromatic carbocycles. The van der Waals surface area contributed by atoms with E-state index >= 15 is 0 Å². The molecule has 1 amide bonds. The zero-order chi connectivity index (χ0) is 7.98. The number of carbonyl (C=O) groups is 1. The van der Waals surface area contributed by atoms with Gasteiger partial charge in [0.25, 0.3) is 0 Å². The van der Waals surface area contributed by atoms with Gasteiger partial charge in [-0.1, -0.05) is 6.08 Å². The Hall–Kier alpha value is -1.03. The van der Waals surface area contributed by atoms with Crippen molar-refractivity contribution in [3.05, 3.63) is 12.7 Å². The Morgan fingerprint density at radius 1 is 1.80 bits per heavy atom. The lowest BCUT2D eigenvalue weighted by Gasteiger charge is -2.10. The summed E-state index contributed by atoms with van der Waals surface area (Å²) in [7, 11) is 0. The highest BCUT2D eigenvalue weighted by Gasteiger charge is 2.06. The molecule has 0 spiro atoms. The molecule has 0 rings (SSSR count). The summed E-state index contributed by atoms with van der Waals surface area (Å²) in [6, 6.07) is -0.421. The van der Waals surface area contributed by atoms with E-state index in [0.717, 1.165) is 0 Å². The van der Waals surface area contributed by atoms with Crippen molar-refractivity contribution in [1.29, 1.82) is 0 Å². The summed E-state index contributed by atoms with van der Waals surface area (Å²) in [5.74, 6) is 0. The standard InChI is InChI=1S/C6H11NO3/c1-2-3-5(4-8)7-6(9)10/h2,5,7-8H,1,3-4H2,(H,9,10)/t5-/m0/s1. The van der Waals surface area contributed by atoms with E-state index in [1.165, 1.54) is 0 Å². The zero-order valence-electron chi connectivity index (χ0n) is 5.58. The normalized spacial score (nSPS) is 12.1. The molecule has 0 aliphatic carbocycles. The van der Waals surface area contributed by atoms with Crippen LogP contribution >= 0.6 is 0 Å². The van der Waals surface area contributed by atoms with Gasteiger partial charge in [-0.25, -0.2) is 4.79 Å². The van der Waals surface area contributed by atoms with Crippen LogP contribution in [0.1, 0.15) is 6.42 Å². The van der Waals surface area contributed by atoms with Gasteiger partial charge in [0.15, 0.2) is 0 Å². The highest BCUT2D eigenvalue weighted by Crippen LogP contribution is 1.90. The highest BCUT2D eigenvalue weighted by atomic mass is 16.4. The summed E-state index contributed by atoms with van der Waals surface area (Å²) >= 11 is 0. The number of nitrogens with one attached hydrogen (secondary N) is 1. The number of hydrogen-bond donors (Lipinski definition) is 3. The molecule has 0 saturated heterocycles. The van der Waals surface area contributed by atoms with Crippen molar-refractivity contribution in [2.75, 3.05) is 6.61 Å². The molecule has 3 N–H and O–H groups in total. The molecule has 1 atom stereocenters. The topological polar surface area (TPSA) is 69.6 Å². The van der Waals surface area contributed by atoms with Crippen LogP contribution < -0.4 is 5.32 Å². The third-order valence-corrected chi connectivity index (χ3v) is 0.999. The molecule has 0 saturated carbocycles. The fraction of sp³-hybridized carbons (Fsp3) is 0.500. The van der Waals surface area contributed by atoms with Crippen molar-refractivity contribution in [2.45, 2.75) is 12.5 Å². The van der Waals surface area contributed by atoms with Crippen molar-refractivity contribution >= 4 is 6.09 Å². The highest BCUT2D eigenvalue weighted by molar-refractivity contribution is 5.64. The van der Waals surface area contributed by atoms with Crippen LogP contribution in [0.3, 0.4) is 0 Å². The fourth-order valence-corrected chi connectivity index (χ4v) is 0.555. The molecule has 0 fully saturated rings. The molecular weight excluding hydrogens is 134 g/mol.